The van der Waals surface area contributed by atoms with Crippen molar-refractivity contribution >= 4 is 33.6 Å². The zero-order valence-corrected chi connectivity index (χ0v) is 25.5. The van der Waals surface area contributed by atoms with E-state index >= 15 is 0 Å². The number of rotatable bonds is 9. The lowest BCUT2D eigenvalue weighted by molar-refractivity contribution is -0.125. The van der Waals surface area contributed by atoms with Gasteiger partial charge in [-0.25, -0.2) is 13.2 Å². The molecule has 2 amide bonds. The van der Waals surface area contributed by atoms with Crippen LogP contribution in [0.1, 0.15) is 76.7 Å². The van der Waals surface area contributed by atoms with Crippen molar-refractivity contribution in [2.45, 2.75) is 95.3 Å². The Hall–Kier alpha value is -1.88. The molecule has 0 spiro atoms. The number of ether oxygens (including phenoxy) is 1. The van der Waals surface area contributed by atoms with Gasteiger partial charge in [-0.2, -0.15) is 4.31 Å². The molecule has 11 heteroatoms. The summed E-state index contributed by atoms with van der Waals surface area (Å²) in [5.41, 5.74) is 0.915. The Morgan fingerprint density at radius 3 is 2.52 bits per heavy atom. The number of alkyl carbamates (subject to hydrolysis) is 1. The van der Waals surface area contributed by atoms with Gasteiger partial charge in [-0.15, -0.1) is 0 Å². The van der Waals surface area contributed by atoms with Gasteiger partial charge < -0.3 is 20.7 Å². The number of fused-ring (bicyclic) bond motifs is 2. The SMILES string of the molecule is COC(=O)NC(C(=O)NC1CCCCC1CCC1CNC2CCCS(=O)(=O)N1C2)C(c1ccc(Cl)cc1)C(C)C. The summed E-state index contributed by atoms with van der Waals surface area (Å²) >= 11 is 6.12. The second kappa shape index (κ2) is 13.9. The Morgan fingerprint density at radius 2 is 1.82 bits per heavy atom. The van der Waals surface area contributed by atoms with Crippen LogP contribution in [0, 0.1) is 11.8 Å². The summed E-state index contributed by atoms with van der Waals surface area (Å²) in [5, 5.41) is 10.3. The van der Waals surface area contributed by atoms with Crippen molar-refractivity contribution in [3.63, 3.8) is 0 Å². The molecule has 3 N–H and O–H groups in total. The fraction of sp³-hybridized carbons (Fsp3) is 0.724. The predicted molar refractivity (Wildman–Crippen MR) is 157 cm³/mol. The quantitative estimate of drug-likeness (QED) is 0.396. The molecule has 2 saturated heterocycles. The smallest absolute Gasteiger partial charge is 0.407 e. The van der Waals surface area contributed by atoms with E-state index in [2.05, 4.69) is 16.0 Å². The fourth-order valence-electron chi connectivity index (χ4n) is 6.82. The number of nitrogens with zero attached hydrogens (tertiary/aromatic N) is 1. The average molecular weight is 597 g/mol. The molecule has 3 aliphatic rings. The second-order valence-corrected chi connectivity index (χ2v) is 14.4. The van der Waals surface area contributed by atoms with Gasteiger partial charge in [0.25, 0.3) is 0 Å². The second-order valence-electron chi connectivity index (χ2n) is 12.0. The van der Waals surface area contributed by atoms with Gasteiger partial charge in [0.1, 0.15) is 6.04 Å². The van der Waals surface area contributed by atoms with E-state index in [-0.39, 0.29) is 47.5 Å². The molecule has 2 heterocycles. The third kappa shape index (κ3) is 7.69. The highest BCUT2D eigenvalue weighted by Gasteiger charge is 2.40. The molecule has 0 radical (unpaired) electrons. The number of carbonyl (C=O) groups excluding carboxylic acids is 2. The fourth-order valence-corrected chi connectivity index (χ4v) is 8.75. The van der Waals surface area contributed by atoms with Crippen molar-refractivity contribution in [3.05, 3.63) is 34.9 Å². The van der Waals surface area contributed by atoms with Crippen LogP contribution in [0.2, 0.25) is 5.02 Å². The number of hydrogen-bond donors (Lipinski definition) is 3. The van der Waals surface area contributed by atoms with Crippen LogP contribution in [-0.4, -0.2) is 74.8 Å². The summed E-state index contributed by atoms with van der Waals surface area (Å²) < 4.78 is 32.5. The van der Waals surface area contributed by atoms with E-state index < -0.39 is 22.2 Å². The summed E-state index contributed by atoms with van der Waals surface area (Å²) in [4.78, 5) is 26.2. The Labute approximate surface area is 244 Å². The van der Waals surface area contributed by atoms with Crippen molar-refractivity contribution in [3.8, 4) is 0 Å². The van der Waals surface area contributed by atoms with Gasteiger partial charge in [-0.3, -0.25) is 4.79 Å². The van der Waals surface area contributed by atoms with Gasteiger partial charge in [0.2, 0.25) is 15.9 Å². The zero-order chi connectivity index (χ0) is 28.9. The molecule has 2 bridgehead atoms. The molecule has 1 saturated carbocycles. The van der Waals surface area contributed by atoms with E-state index in [4.69, 9.17) is 16.3 Å². The number of methoxy groups -OCH3 is 1. The largest absolute Gasteiger partial charge is 0.453 e. The van der Waals surface area contributed by atoms with Gasteiger partial charge in [0.15, 0.2) is 0 Å². The summed E-state index contributed by atoms with van der Waals surface area (Å²) in [6.45, 7) is 5.29. The Kier molecular flexibility index (Phi) is 10.8. The summed E-state index contributed by atoms with van der Waals surface area (Å²) in [6, 6.07) is 6.71. The molecule has 3 fully saturated rings. The number of nitrogens with one attached hydrogen (secondary N) is 3. The van der Waals surface area contributed by atoms with Gasteiger partial charge in [-0.1, -0.05) is 50.4 Å². The number of halogens is 1. The molecule has 224 valence electrons. The van der Waals surface area contributed by atoms with E-state index in [1.54, 1.807) is 16.4 Å². The third-order valence-electron chi connectivity index (χ3n) is 8.94. The lowest BCUT2D eigenvalue weighted by Crippen LogP contribution is -2.57. The normalized spacial score (nSPS) is 29.6. The molecule has 2 aliphatic heterocycles. The molecule has 1 aliphatic carbocycles. The van der Waals surface area contributed by atoms with Gasteiger partial charge in [-0.05, 0) is 68.1 Å². The van der Waals surface area contributed by atoms with Crippen molar-refractivity contribution in [2.75, 3.05) is 26.0 Å². The van der Waals surface area contributed by atoms with Crippen LogP contribution in [0.5, 0.6) is 0 Å². The number of benzene rings is 1. The van der Waals surface area contributed by atoms with Crippen LogP contribution in [0.4, 0.5) is 4.79 Å². The summed E-state index contributed by atoms with van der Waals surface area (Å²) in [7, 11) is -1.94. The van der Waals surface area contributed by atoms with E-state index in [1.165, 1.54) is 7.11 Å². The predicted octanol–water partition coefficient (Wildman–Crippen LogP) is 4.03. The molecule has 4 rings (SSSR count). The molecule has 0 aromatic heterocycles. The Bertz CT molecular complexity index is 1120. The van der Waals surface area contributed by atoms with E-state index in [9.17, 15) is 18.0 Å². The molecular weight excluding hydrogens is 552 g/mol. The maximum atomic E-state index is 13.9. The Morgan fingerprint density at radius 1 is 1.10 bits per heavy atom. The zero-order valence-electron chi connectivity index (χ0n) is 23.9. The number of amides is 2. The lowest BCUT2D eigenvalue weighted by atomic mass is 9.79. The van der Waals surface area contributed by atoms with E-state index in [0.29, 0.717) is 24.5 Å². The highest BCUT2D eigenvalue weighted by molar-refractivity contribution is 7.89. The minimum Gasteiger partial charge on any atom is -0.453 e. The lowest BCUT2D eigenvalue weighted by Gasteiger charge is -2.40. The molecule has 7 atom stereocenters. The molecule has 1 aromatic rings. The molecule has 9 nitrogen and oxygen atoms in total. The van der Waals surface area contributed by atoms with Gasteiger partial charge in [0, 0.05) is 42.2 Å². The number of piperazine rings is 1. The topological polar surface area (TPSA) is 117 Å². The van der Waals surface area contributed by atoms with Crippen LogP contribution in [0.25, 0.3) is 0 Å². The van der Waals surface area contributed by atoms with E-state index in [1.807, 2.05) is 26.0 Å². The van der Waals surface area contributed by atoms with E-state index in [0.717, 1.165) is 50.5 Å². The Balaban J connectivity index is 1.47. The molecule has 40 heavy (non-hydrogen) atoms. The number of hydrogen-bond acceptors (Lipinski definition) is 6. The number of sulfonamides is 1. The van der Waals surface area contributed by atoms with Gasteiger partial charge >= 0.3 is 6.09 Å². The first-order valence-electron chi connectivity index (χ1n) is 14.7. The summed E-state index contributed by atoms with van der Waals surface area (Å²) in [5.74, 6) is 0.00991. The number of carbonyl (C=O) groups is 2. The highest BCUT2D eigenvalue weighted by Crippen LogP contribution is 2.33. The first-order valence-corrected chi connectivity index (χ1v) is 16.7. The van der Waals surface area contributed by atoms with Crippen LogP contribution in [0.15, 0.2) is 24.3 Å². The minimum atomic E-state index is -3.24. The molecule has 7 unspecified atom stereocenters. The highest BCUT2D eigenvalue weighted by atomic mass is 35.5. The van der Waals surface area contributed by atoms with Crippen molar-refractivity contribution in [2.24, 2.45) is 11.8 Å². The molecular formula is C29H45ClN4O5S. The maximum absolute atomic E-state index is 13.9. The van der Waals surface area contributed by atoms with Crippen molar-refractivity contribution in [1.29, 1.82) is 0 Å². The summed E-state index contributed by atoms with van der Waals surface area (Å²) in [6.07, 6.45) is 6.51. The van der Waals surface area contributed by atoms with Gasteiger partial charge in [0.05, 0.1) is 12.9 Å². The van der Waals surface area contributed by atoms with Crippen LogP contribution < -0.4 is 16.0 Å². The van der Waals surface area contributed by atoms with Crippen LogP contribution in [-0.2, 0) is 19.6 Å². The van der Waals surface area contributed by atoms with Crippen LogP contribution in [0.3, 0.4) is 0 Å². The van der Waals surface area contributed by atoms with Crippen LogP contribution >= 0.6 is 11.6 Å². The maximum Gasteiger partial charge on any atom is 0.407 e. The molecule has 1 aromatic carbocycles. The van der Waals surface area contributed by atoms with Crippen molar-refractivity contribution < 1.29 is 22.7 Å². The third-order valence-corrected chi connectivity index (χ3v) is 11.2. The minimum absolute atomic E-state index is 0.0359. The average Bonchev–Trinajstić information content (AvgIpc) is 3.04. The monoisotopic (exact) mass is 596 g/mol. The first-order chi connectivity index (χ1) is 19.1. The standard InChI is InChI=1S/C29H45ClN4O5S/c1-19(2)26(21-10-13-22(30)14-11-21)27(33-29(36)39-3)28(35)32-25-9-5-4-7-20(25)12-15-24-17-31-23-8-6-16-40(37,38)34(24)18-23/h10-11,13-14,19-20,23-27,31H,4-9,12,15-18H2,1-3H3,(H,32,35)(H,33,36). The first kappa shape index (κ1) is 31.1. The van der Waals surface area contributed by atoms with Crippen molar-refractivity contribution in [1.82, 2.24) is 20.3 Å².